The molecule has 3 rings (SSSR count). The first-order chi connectivity index (χ1) is 12.9. The fourth-order valence-corrected chi connectivity index (χ4v) is 3.41. The maximum absolute atomic E-state index is 12.6. The van der Waals surface area contributed by atoms with E-state index in [1.54, 1.807) is 25.2 Å². The van der Waals surface area contributed by atoms with Crippen LogP contribution in [0.25, 0.3) is 10.2 Å². The van der Waals surface area contributed by atoms with Gasteiger partial charge in [0.15, 0.2) is 5.13 Å². The molecule has 1 aromatic heterocycles. The Morgan fingerprint density at radius 1 is 1.15 bits per heavy atom. The lowest BCUT2D eigenvalue weighted by Crippen LogP contribution is -2.14. The zero-order chi connectivity index (χ0) is 19.6. The number of rotatable bonds is 5. The summed E-state index contributed by atoms with van der Waals surface area (Å²) in [7, 11) is 1.63. The van der Waals surface area contributed by atoms with Crippen LogP contribution in [0.3, 0.4) is 0 Å². The Morgan fingerprint density at radius 3 is 2.59 bits per heavy atom. The zero-order valence-electron chi connectivity index (χ0n) is 14.4. The van der Waals surface area contributed by atoms with Crippen molar-refractivity contribution >= 4 is 55.6 Å². The molecule has 0 aliphatic rings. The van der Waals surface area contributed by atoms with Crippen LogP contribution in [0, 0.1) is 10.1 Å². The van der Waals surface area contributed by atoms with Crippen molar-refractivity contribution in [3.63, 3.8) is 0 Å². The van der Waals surface area contributed by atoms with Gasteiger partial charge in [0.1, 0.15) is 0 Å². The Labute approximate surface area is 157 Å². The van der Waals surface area contributed by atoms with Crippen LogP contribution in [-0.2, 0) is 4.79 Å². The van der Waals surface area contributed by atoms with Gasteiger partial charge >= 0.3 is 0 Å². The van der Waals surface area contributed by atoms with Gasteiger partial charge in [-0.3, -0.25) is 19.7 Å². The van der Waals surface area contributed by atoms with Crippen LogP contribution in [0.5, 0.6) is 0 Å². The van der Waals surface area contributed by atoms with E-state index in [0.29, 0.717) is 22.0 Å². The molecular formula is C17H15N5O4S. The molecule has 0 aliphatic heterocycles. The molecule has 2 amide bonds. The van der Waals surface area contributed by atoms with Crippen molar-refractivity contribution in [3.8, 4) is 0 Å². The van der Waals surface area contributed by atoms with Crippen LogP contribution < -0.4 is 16.0 Å². The summed E-state index contributed by atoms with van der Waals surface area (Å²) in [4.78, 5) is 38.5. The summed E-state index contributed by atoms with van der Waals surface area (Å²) < 4.78 is 0.782. The third-order valence-corrected chi connectivity index (χ3v) is 4.59. The molecule has 10 heteroatoms. The summed E-state index contributed by atoms with van der Waals surface area (Å²) in [5.41, 5.74) is 1.67. The van der Waals surface area contributed by atoms with Gasteiger partial charge in [0.25, 0.3) is 11.6 Å². The molecule has 3 aromatic rings. The maximum Gasteiger partial charge on any atom is 0.270 e. The van der Waals surface area contributed by atoms with E-state index in [1.165, 1.54) is 36.5 Å². The number of thiazole rings is 1. The third-order valence-electron chi connectivity index (χ3n) is 3.66. The number of aromatic nitrogens is 1. The number of fused-ring (bicyclic) bond motifs is 1. The number of carbonyl (C=O) groups excluding carboxylic acids is 2. The van der Waals surface area contributed by atoms with Gasteiger partial charge in [-0.15, -0.1) is 0 Å². The van der Waals surface area contributed by atoms with Crippen molar-refractivity contribution in [1.82, 2.24) is 4.98 Å². The molecule has 0 bridgehead atoms. The van der Waals surface area contributed by atoms with E-state index in [9.17, 15) is 19.7 Å². The Bertz CT molecular complexity index is 1060. The summed E-state index contributed by atoms with van der Waals surface area (Å²) >= 11 is 1.28. The van der Waals surface area contributed by atoms with Crippen LogP contribution in [0.2, 0.25) is 0 Å². The third kappa shape index (κ3) is 4.01. The summed E-state index contributed by atoms with van der Waals surface area (Å²) in [5.74, 6) is -0.693. The highest BCUT2D eigenvalue weighted by atomic mass is 32.1. The van der Waals surface area contributed by atoms with Crippen LogP contribution in [0.4, 0.5) is 22.2 Å². The maximum atomic E-state index is 12.6. The minimum Gasteiger partial charge on any atom is -0.387 e. The van der Waals surface area contributed by atoms with E-state index in [4.69, 9.17) is 0 Å². The van der Waals surface area contributed by atoms with E-state index in [-0.39, 0.29) is 17.2 Å². The molecule has 0 spiro atoms. The molecule has 0 radical (unpaired) electrons. The highest BCUT2D eigenvalue weighted by Gasteiger charge is 2.17. The van der Waals surface area contributed by atoms with Gasteiger partial charge < -0.3 is 16.0 Å². The molecule has 27 heavy (non-hydrogen) atoms. The first-order valence-corrected chi connectivity index (χ1v) is 8.65. The summed E-state index contributed by atoms with van der Waals surface area (Å²) in [5, 5.41) is 19.6. The Kier molecular flexibility index (Phi) is 4.99. The van der Waals surface area contributed by atoms with E-state index in [1.807, 2.05) is 0 Å². The van der Waals surface area contributed by atoms with Gasteiger partial charge in [0.05, 0.1) is 20.7 Å². The van der Waals surface area contributed by atoms with Crippen molar-refractivity contribution in [1.29, 1.82) is 0 Å². The van der Waals surface area contributed by atoms with Gasteiger partial charge in [0, 0.05) is 37.5 Å². The highest BCUT2D eigenvalue weighted by molar-refractivity contribution is 7.22. The number of carbonyl (C=O) groups is 2. The first kappa shape index (κ1) is 18.3. The van der Waals surface area contributed by atoms with Crippen LogP contribution >= 0.6 is 11.3 Å². The topological polar surface area (TPSA) is 126 Å². The van der Waals surface area contributed by atoms with Crippen LogP contribution in [-0.4, -0.2) is 28.8 Å². The molecule has 0 fully saturated rings. The molecule has 0 unspecified atom stereocenters. The number of nitrogens with zero attached hydrogens (tertiary/aromatic N) is 2. The quantitative estimate of drug-likeness (QED) is 0.456. The normalized spacial score (nSPS) is 10.4. The summed E-state index contributed by atoms with van der Waals surface area (Å²) in [6, 6.07) is 9.16. The minimum absolute atomic E-state index is 0.162. The Morgan fingerprint density at radius 2 is 1.93 bits per heavy atom. The second kappa shape index (κ2) is 7.38. The number of amides is 2. The summed E-state index contributed by atoms with van der Waals surface area (Å²) in [6.45, 7) is 1.40. The molecule has 138 valence electrons. The van der Waals surface area contributed by atoms with Gasteiger partial charge in [-0.2, -0.15) is 0 Å². The average molecular weight is 385 g/mol. The molecule has 2 aromatic carbocycles. The molecular weight excluding hydrogens is 370 g/mol. The fourth-order valence-electron chi connectivity index (χ4n) is 2.46. The van der Waals surface area contributed by atoms with Gasteiger partial charge in [0.2, 0.25) is 5.91 Å². The number of hydrogen-bond donors (Lipinski definition) is 3. The van der Waals surface area contributed by atoms with Gasteiger partial charge in [-0.25, -0.2) is 4.98 Å². The highest BCUT2D eigenvalue weighted by Crippen LogP contribution is 2.29. The van der Waals surface area contributed by atoms with Crippen LogP contribution in [0.1, 0.15) is 17.3 Å². The molecule has 9 nitrogen and oxygen atoms in total. The lowest BCUT2D eigenvalue weighted by molar-refractivity contribution is -0.384. The van der Waals surface area contributed by atoms with Crippen molar-refractivity contribution in [2.45, 2.75) is 6.92 Å². The van der Waals surface area contributed by atoms with Gasteiger partial charge in [-0.05, 0) is 24.3 Å². The van der Waals surface area contributed by atoms with Crippen molar-refractivity contribution in [3.05, 3.63) is 52.1 Å². The van der Waals surface area contributed by atoms with E-state index in [2.05, 4.69) is 20.9 Å². The number of benzene rings is 2. The summed E-state index contributed by atoms with van der Waals surface area (Å²) in [6.07, 6.45) is 0. The van der Waals surface area contributed by atoms with Gasteiger partial charge in [-0.1, -0.05) is 11.3 Å². The number of nitro groups is 1. The van der Waals surface area contributed by atoms with E-state index >= 15 is 0 Å². The molecule has 1 heterocycles. The van der Waals surface area contributed by atoms with E-state index < -0.39 is 10.8 Å². The molecule has 0 aliphatic carbocycles. The lowest BCUT2D eigenvalue weighted by Gasteiger charge is -2.10. The predicted molar refractivity (Wildman–Crippen MR) is 105 cm³/mol. The number of hydrogen-bond acceptors (Lipinski definition) is 7. The Hall–Kier alpha value is -3.53. The van der Waals surface area contributed by atoms with Crippen molar-refractivity contribution in [2.75, 3.05) is 23.0 Å². The van der Waals surface area contributed by atoms with Crippen molar-refractivity contribution in [2.24, 2.45) is 0 Å². The standard InChI is InChI=1S/C17H15N5O4S/c1-9(23)19-17-21-14-5-3-10(7-15(14)27-17)20-16(24)12-8-11(22(25)26)4-6-13(12)18-2/h3-8,18H,1-2H3,(H,20,24)(H,19,21,23). The second-order valence-corrected chi connectivity index (χ2v) is 6.60. The molecule has 0 saturated carbocycles. The number of non-ortho nitro benzene ring substituents is 1. The monoisotopic (exact) mass is 385 g/mol. The number of anilines is 3. The minimum atomic E-state index is -0.552. The average Bonchev–Trinajstić information content (AvgIpc) is 3.01. The molecule has 0 saturated heterocycles. The largest absolute Gasteiger partial charge is 0.387 e. The first-order valence-electron chi connectivity index (χ1n) is 7.83. The van der Waals surface area contributed by atoms with Crippen molar-refractivity contribution < 1.29 is 14.5 Å². The second-order valence-electron chi connectivity index (χ2n) is 5.57. The predicted octanol–water partition coefficient (Wildman–Crippen LogP) is 3.46. The molecule has 0 atom stereocenters. The van der Waals surface area contributed by atoms with Crippen LogP contribution in [0.15, 0.2) is 36.4 Å². The zero-order valence-corrected chi connectivity index (χ0v) is 15.2. The SMILES string of the molecule is CNc1ccc([N+](=O)[O-])cc1C(=O)Nc1ccc2nc(NC(C)=O)sc2c1. The molecule has 3 N–H and O–H groups in total. The Balaban J connectivity index is 1.88. The lowest BCUT2D eigenvalue weighted by atomic mass is 10.1. The number of nitrogens with one attached hydrogen (secondary N) is 3. The number of nitro benzene ring substituents is 1. The fraction of sp³-hybridized carbons (Fsp3) is 0.118. The smallest absolute Gasteiger partial charge is 0.270 e. The van der Waals surface area contributed by atoms with E-state index in [0.717, 1.165) is 4.70 Å².